The highest BCUT2D eigenvalue weighted by molar-refractivity contribution is 6.00. The van der Waals surface area contributed by atoms with Crippen LogP contribution < -0.4 is 10.6 Å². The Bertz CT molecular complexity index is 671. The van der Waals surface area contributed by atoms with Gasteiger partial charge in [-0.1, -0.05) is 0 Å². The molecule has 0 saturated carbocycles. The van der Waals surface area contributed by atoms with Crippen LogP contribution in [0.3, 0.4) is 0 Å². The highest BCUT2D eigenvalue weighted by Crippen LogP contribution is 2.19. The number of benzene rings is 1. The second-order valence-electron chi connectivity index (χ2n) is 4.09. The molecule has 2 amide bonds. The predicted molar refractivity (Wildman–Crippen MR) is 67.2 cm³/mol. The van der Waals surface area contributed by atoms with Gasteiger partial charge in [0.05, 0.1) is 23.3 Å². The van der Waals surface area contributed by atoms with Gasteiger partial charge in [-0.3, -0.25) is 0 Å². The van der Waals surface area contributed by atoms with Crippen molar-refractivity contribution >= 4 is 17.4 Å². The number of nitrogens with zero attached hydrogens (tertiary/aromatic N) is 2. The zero-order chi connectivity index (χ0) is 15.6. The zero-order valence-corrected chi connectivity index (χ0v) is 10.7. The molecule has 9 heteroatoms. The Labute approximate surface area is 116 Å². The number of hydrogen-bond donors (Lipinski definition) is 2. The second-order valence-corrected chi connectivity index (χ2v) is 4.09. The standard InChI is InChI=1S/C12H10F4N4O/c1-6-10(5-20(19-6)11(15)16)18-12(21)17-9-3-2-7(13)4-8(9)14/h2-5,11H,1H3,(H2,17,18,21). The second kappa shape index (κ2) is 5.81. The van der Waals surface area contributed by atoms with Crippen LogP contribution in [0.5, 0.6) is 0 Å². The average Bonchev–Trinajstić information content (AvgIpc) is 2.75. The average molecular weight is 302 g/mol. The third-order valence-corrected chi connectivity index (χ3v) is 2.54. The first-order chi connectivity index (χ1) is 9.86. The van der Waals surface area contributed by atoms with Crippen molar-refractivity contribution in [3.8, 4) is 0 Å². The molecular formula is C12H10F4N4O. The van der Waals surface area contributed by atoms with E-state index in [1.54, 1.807) is 0 Å². The van der Waals surface area contributed by atoms with Crippen molar-refractivity contribution in [3.05, 3.63) is 41.7 Å². The van der Waals surface area contributed by atoms with Crippen molar-refractivity contribution in [1.29, 1.82) is 0 Å². The van der Waals surface area contributed by atoms with Crippen LogP contribution in [0.25, 0.3) is 0 Å². The van der Waals surface area contributed by atoms with Gasteiger partial charge in [-0.25, -0.2) is 18.3 Å². The van der Waals surface area contributed by atoms with Crippen LogP contribution in [0.1, 0.15) is 12.2 Å². The van der Waals surface area contributed by atoms with Gasteiger partial charge in [0.2, 0.25) is 0 Å². The molecule has 0 atom stereocenters. The fourth-order valence-electron chi connectivity index (χ4n) is 1.57. The molecule has 0 unspecified atom stereocenters. The molecule has 2 rings (SSSR count). The lowest BCUT2D eigenvalue weighted by molar-refractivity contribution is 0.0563. The lowest BCUT2D eigenvalue weighted by Gasteiger charge is -2.07. The van der Waals surface area contributed by atoms with Gasteiger partial charge < -0.3 is 10.6 Å². The van der Waals surface area contributed by atoms with Gasteiger partial charge in [0.25, 0.3) is 0 Å². The Kier molecular flexibility index (Phi) is 4.10. The Hall–Kier alpha value is -2.58. The van der Waals surface area contributed by atoms with E-state index in [4.69, 9.17) is 0 Å². The molecule has 0 radical (unpaired) electrons. The van der Waals surface area contributed by atoms with Gasteiger partial charge in [0, 0.05) is 6.07 Å². The fraction of sp³-hybridized carbons (Fsp3) is 0.167. The minimum absolute atomic E-state index is 0.0512. The van der Waals surface area contributed by atoms with Crippen LogP contribution in [-0.4, -0.2) is 15.8 Å². The van der Waals surface area contributed by atoms with Gasteiger partial charge in [0.15, 0.2) is 0 Å². The summed E-state index contributed by atoms with van der Waals surface area (Å²) in [6.07, 6.45) is 0.945. The van der Waals surface area contributed by atoms with E-state index in [-0.39, 0.29) is 17.1 Å². The minimum atomic E-state index is -2.84. The maximum absolute atomic E-state index is 13.3. The number of hydrogen-bond acceptors (Lipinski definition) is 2. The normalized spacial score (nSPS) is 10.8. The summed E-state index contributed by atoms with van der Waals surface area (Å²) in [6, 6.07) is 1.76. The van der Waals surface area contributed by atoms with E-state index in [9.17, 15) is 22.4 Å². The summed E-state index contributed by atoms with van der Waals surface area (Å²) in [5, 5.41) is 7.88. The van der Waals surface area contributed by atoms with Crippen LogP contribution in [0.15, 0.2) is 24.4 Å². The number of carbonyl (C=O) groups is 1. The highest BCUT2D eigenvalue weighted by Gasteiger charge is 2.14. The van der Waals surface area contributed by atoms with Gasteiger partial charge >= 0.3 is 12.6 Å². The number of urea groups is 1. The zero-order valence-electron chi connectivity index (χ0n) is 10.7. The van der Waals surface area contributed by atoms with Crippen molar-refractivity contribution in [2.24, 2.45) is 0 Å². The molecule has 0 fully saturated rings. The summed E-state index contributed by atoms with van der Waals surface area (Å²) in [4.78, 5) is 11.6. The minimum Gasteiger partial charge on any atom is -0.305 e. The molecule has 1 aromatic heterocycles. The van der Waals surface area contributed by atoms with Crippen LogP contribution in [0, 0.1) is 18.6 Å². The number of anilines is 2. The molecule has 0 aliphatic heterocycles. The van der Waals surface area contributed by atoms with E-state index >= 15 is 0 Å². The van der Waals surface area contributed by atoms with E-state index < -0.39 is 24.2 Å². The summed E-state index contributed by atoms with van der Waals surface area (Å²) >= 11 is 0. The molecule has 5 nitrogen and oxygen atoms in total. The first-order valence-corrected chi connectivity index (χ1v) is 5.74. The van der Waals surface area contributed by atoms with Gasteiger partial charge in [-0.2, -0.15) is 13.9 Å². The fourth-order valence-corrected chi connectivity index (χ4v) is 1.57. The van der Waals surface area contributed by atoms with Crippen LogP contribution in [0.2, 0.25) is 0 Å². The quantitative estimate of drug-likeness (QED) is 0.852. The Balaban J connectivity index is 2.08. The van der Waals surface area contributed by atoms with E-state index in [1.807, 2.05) is 0 Å². The summed E-state index contributed by atoms with van der Waals surface area (Å²) in [5.74, 6) is -1.74. The molecule has 2 N–H and O–H groups in total. The van der Waals surface area contributed by atoms with Gasteiger partial charge in [0.1, 0.15) is 11.6 Å². The predicted octanol–water partition coefficient (Wildman–Crippen LogP) is 3.51. The van der Waals surface area contributed by atoms with E-state index in [0.717, 1.165) is 18.3 Å². The maximum atomic E-state index is 13.3. The SMILES string of the molecule is Cc1nn(C(F)F)cc1NC(=O)Nc1ccc(F)cc1F. The molecule has 112 valence electrons. The molecule has 0 spiro atoms. The summed E-state index contributed by atoms with van der Waals surface area (Å²) in [7, 11) is 0. The van der Waals surface area contributed by atoms with Gasteiger partial charge in [-0.05, 0) is 19.1 Å². The molecule has 0 aliphatic rings. The lowest BCUT2D eigenvalue weighted by Crippen LogP contribution is -2.20. The number of nitrogens with one attached hydrogen (secondary N) is 2. The smallest absolute Gasteiger partial charge is 0.305 e. The van der Waals surface area contributed by atoms with Crippen LogP contribution >= 0.6 is 0 Å². The van der Waals surface area contributed by atoms with Gasteiger partial charge in [-0.15, -0.1) is 0 Å². The van der Waals surface area contributed by atoms with Crippen molar-refractivity contribution < 1.29 is 22.4 Å². The largest absolute Gasteiger partial charge is 0.333 e. The monoisotopic (exact) mass is 302 g/mol. The summed E-state index contributed by atoms with van der Waals surface area (Å²) in [5.41, 5.74) is -0.0202. The van der Waals surface area contributed by atoms with Crippen molar-refractivity contribution in [3.63, 3.8) is 0 Å². The molecule has 21 heavy (non-hydrogen) atoms. The molecule has 0 aliphatic carbocycles. The van der Waals surface area contributed by atoms with E-state index in [0.29, 0.717) is 10.7 Å². The Morgan fingerprint density at radius 1 is 1.24 bits per heavy atom. The van der Waals surface area contributed by atoms with Crippen molar-refractivity contribution in [1.82, 2.24) is 9.78 Å². The highest BCUT2D eigenvalue weighted by atomic mass is 19.3. The maximum Gasteiger partial charge on any atom is 0.333 e. The van der Waals surface area contributed by atoms with Crippen molar-refractivity contribution in [2.75, 3.05) is 10.6 Å². The van der Waals surface area contributed by atoms with E-state index in [2.05, 4.69) is 15.7 Å². The molecule has 0 saturated heterocycles. The first kappa shape index (κ1) is 14.8. The number of alkyl halides is 2. The van der Waals surface area contributed by atoms with E-state index in [1.165, 1.54) is 6.92 Å². The van der Waals surface area contributed by atoms with Crippen LogP contribution in [-0.2, 0) is 0 Å². The summed E-state index contributed by atoms with van der Waals surface area (Å²) < 4.78 is 51.3. The number of rotatable bonds is 3. The third-order valence-electron chi connectivity index (χ3n) is 2.54. The number of halogens is 4. The third kappa shape index (κ3) is 3.50. The Morgan fingerprint density at radius 3 is 2.48 bits per heavy atom. The molecule has 1 heterocycles. The molecule has 1 aromatic carbocycles. The number of carbonyl (C=O) groups excluding carboxylic acids is 1. The Morgan fingerprint density at radius 2 is 1.90 bits per heavy atom. The number of aromatic nitrogens is 2. The molecule has 0 bridgehead atoms. The lowest BCUT2D eigenvalue weighted by atomic mass is 10.3. The topological polar surface area (TPSA) is 59.0 Å². The first-order valence-electron chi connectivity index (χ1n) is 5.74. The number of aryl methyl sites for hydroxylation is 1. The van der Waals surface area contributed by atoms with Crippen LogP contribution in [0.4, 0.5) is 33.7 Å². The number of amides is 2. The van der Waals surface area contributed by atoms with Crippen molar-refractivity contribution in [2.45, 2.75) is 13.5 Å². The molecule has 2 aromatic rings. The summed E-state index contributed by atoms with van der Waals surface area (Å²) in [6.45, 7) is -1.41. The molecular weight excluding hydrogens is 292 g/mol.